The molecule has 0 fully saturated rings. The van der Waals surface area contributed by atoms with Gasteiger partial charge in [0.2, 0.25) is 0 Å². The van der Waals surface area contributed by atoms with Crippen LogP contribution in [-0.2, 0) is 0 Å². The average molecular weight is 284 g/mol. The van der Waals surface area contributed by atoms with Gasteiger partial charge in [-0.05, 0) is 32.9 Å². The van der Waals surface area contributed by atoms with Crippen LogP contribution in [0, 0.1) is 5.82 Å². The van der Waals surface area contributed by atoms with Crippen LogP contribution in [0.3, 0.4) is 0 Å². The van der Waals surface area contributed by atoms with Crippen LogP contribution in [-0.4, -0.2) is 41.8 Å². The van der Waals surface area contributed by atoms with Crippen molar-refractivity contribution >= 4 is 11.7 Å². The number of amides is 2. The van der Waals surface area contributed by atoms with E-state index in [-0.39, 0.29) is 12.2 Å². The van der Waals surface area contributed by atoms with Gasteiger partial charge in [0.1, 0.15) is 11.6 Å². The Hall–Kier alpha value is -1.82. The highest BCUT2D eigenvalue weighted by Gasteiger charge is 2.22. The molecule has 0 bridgehead atoms. The summed E-state index contributed by atoms with van der Waals surface area (Å²) in [5.74, 6) is -0.0919. The number of benzene rings is 1. The average Bonchev–Trinajstić information content (AvgIpc) is 2.37. The van der Waals surface area contributed by atoms with Crippen LogP contribution in [0.25, 0.3) is 0 Å². The highest BCUT2D eigenvalue weighted by Crippen LogP contribution is 2.21. The van der Waals surface area contributed by atoms with E-state index in [0.29, 0.717) is 12.3 Å². The number of nitrogens with one attached hydrogen (secondary N) is 1. The van der Waals surface area contributed by atoms with Gasteiger partial charge in [-0.25, -0.2) is 9.18 Å². The molecule has 5 nitrogen and oxygen atoms in total. The maximum atomic E-state index is 13.6. The fourth-order valence-electron chi connectivity index (χ4n) is 1.72. The lowest BCUT2D eigenvalue weighted by atomic mass is 10.1. The Labute approximate surface area is 118 Å². The van der Waals surface area contributed by atoms with Gasteiger partial charge in [-0.3, -0.25) is 0 Å². The molecule has 1 aromatic carbocycles. The largest absolute Gasteiger partial charge is 0.497 e. The van der Waals surface area contributed by atoms with E-state index in [2.05, 4.69) is 5.32 Å². The van der Waals surface area contributed by atoms with Crippen LogP contribution in [0.2, 0.25) is 0 Å². The van der Waals surface area contributed by atoms with E-state index in [0.717, 1.165) is 0 Å². The van der Waals surface area contributed by atoms with Gasteiger partial charge in [0, 0.05) is 12.6 Å². The van der Waals surface area contributed by atoms with E-state index in [4.69, 9.17) is 4.74 Å². The van der Waals surface area contributed by atoms with Crippen LogP contribution in [0.5, 0.6) is 5.75 Å². The molecular formula is C14H21FN2O3. The molecule has 1 rings (SSSR count). The molecule has 0 aliphatic carbocycles. The van der Waals surface area contributed by atoms with Gasteiger partial charge in [-0.15, -0.1) is 0 Å². The minimum absolute atomic E-state index is 0.0449. The third-order valence-electron chi connectivity index (χ3n) is 2.66. The Morgan fingerprint density at radius 2 is 2.15 bits per heavy atom. The number of hydrogen-bond acceptors (Lipinski definition) is 3. The number of likely N-dealkylation sites (N-methyl/N-ethyl adjacent to an activating group) is 1. The summed E-state index contributed by atoms with van der Waals surface area (Å²) >= 11 is 0. The van der Waals surface area contributed by atoms with Crippen molar-refractivity contribution < 1.29 is 19.0 Å². The highest BCUT2D eigenvalue weighted by atomic mass is 19.1. The summed E-state index contributed by atoms with van der Waals surface area (Å²) in [5.41, 5.74) is -0.969. The summed E-state index contributed by atoms with van der Waals surface area (Å²) in [6, 6.07) is 3.63. The van der Waals surface area contributed by atoms with Gasteiger partial charge in [0.15, 0.2) is 0 Å². The quantitative estimate of drug-likeness (QED) is 0.873. The van der Waals surface area contributed by atoms with Gasteiger partial charge >= 0.3 is 6.03 Å². The monoisotopic (exact) mass is 284 g/mol. The number of anilines is 1. The first-order chi connectivity index (χ1) is 9.26. The maximum Gasteiger partial charge on any atom is 0.322 e. The molecule has 20 heavy (non-hydrogen) atoms. The number of hydrogen-bond donors (Lipinski definition) is 2. The maximum absolute atomic E-state index is 13.6. The van der Waals surface area contributed by atoms with Crippen LogP contribution in [0.4, 0.5) is 14.9 Å². The zero-order chi connectivity index (χ0) is 15.3. The molecule has 0 unspecified atom stereocenters. The van der Waals surface area contributed by atoms with Crippen LogP contribution in [0.1, 0.15) is 20.8 Å². The first-order valence-electron chi connectivity index (χ1n) is 6.38. The Morgan fingerprint density at radius 1 is 1.50 bits per heavy atom. The number of aliphatic hydroxyl groups is 1. The van der Waals surface area contributed by atoms with Crippen LogP contribution >= 0.6 is 0 Å². The Morgan fingerprint density at radius 3 is 2.65 bits per heavy atom. The lowest BCUT2D eigenvalue weighted by Gasteiger charge is -2.28. The Balaban J connectivity index is 2.83. The third kappa shape index (κ3) is 4.70. The van der Waals surface area contributed by atoms with Crippen molar-refractivity contribution in [3.8, 4) is 5.75 Å². The molecule has 112 valence electrons. The predicted octanol–water partition coefficient (Wildman–Crippen LogP) is 2.46. The van der Waals surface area contributed by atoms with Crippen molar-refractivity contribution in [3.05, 3.63) is 24.0 Å². The first kappa shape index (κ1) is 16.2. The molecule has 2 N–H and O–H groups in total. The summed E-state index contributed by atoms with van der Waals surface area (Å²) in [5, 5.41) is 12.2. The molecule has 0 heterocycles. The SMILES string of the molecule is CCN(CC(C)(C)O)C(=O)Nc1cc(OC)ccc1F. The number of ether oxygens (including phenoxy) is 1. The van der Waals surface area contributed by atoms with Gasteiger partial charge in [-0.2, -0.15) is 0 Å². The molecule has 0 aromatic heterocycles. The molecule has 0 saturated heterocycles. The molecule has 0 aliphatic heterocycles. The second-order valence-corrected chi connectivity index (χ2v) is 5.10. The van der Waals surface area contributed by atoms with E-state index in [1.807, 2.05) is 0 Å². The highest BCUT2D eigenvalue weighted by molar-refractivity contribution is 5.89. The van der Waals surface area contributed by atoms with Crippen molar-refractivity contribution in [2.24, 2.45) is 0 Å². The molecule has 0 aliphatic rings. The first-order valence-corrected chi connectivity index (χ1v) is 6.38. The molecule has 1 aromatic rings. The van der Waals surface area contributed by atoms with Crippen molar-refractivity contribution in [2.75, 3.05) is 25.5 Å². The molecular weight excluding hydrogens is 263 g/mol. The van der Waals surface area contributed by atoms with Crippen molar-refractivity contribution in [3.63, 3.8) is 0 Å². The lowest BCUT2D eigenvalue weighted by molar-refractivity contribution is 0.0501. The number of rotatable bonds is 5. The number of carbonyl (C=O) groups excluding carboxylic acids is 1. The number of urea groups is 1. The van der Waals surface area contributed by atoms with Crippen LogP contribution < -0.4 is 10.1 Å². The summed E-state index contributed by atoms with van der Waals surface area (Å²) < 4.78 is 18.6. The number of nitrogens with zero attached hydrogens (tertiary/aromatic N) is 1. The van der Waals surface area contributed by atoms with Gasteiger partial charge in [0.05, 0.1) is 24.9 Å². The minimum Gasteiger partial charge on any atom is -0.497 e. The molecule has 2 amide bonds. The van der Waals surface area contributed by atoms with E-state index >= 15 is 0 Å². The van der Waals surface area contributed by atoms with Crippen molar-refractivity contribution in [1.29, 1.82) is 0 Å². The van der Waals surface area contributed by atoms with Gasteiger partial charge in [0.25, 0.3) is 0 Å². The summed E-state index contributed by atoms with van der Waals surface area (Å²) in [6.07, 6.45) is 0. The number of halogens is 1. The topological polar surface area (TPSA) is 61.8 Å². The standard InChI is InChI=1S/C14H21FN2O3/c1-5-17(9-14(2,3)19)13(18)16-12-8-10(20-4)6-7-11(12)15/h6-8,19H,5,9H2,1-4H3,(H,16,18). The van der Waals surface area contributed by atoms with E-state index < -0.39 is 17.4 Å². The fourth-order valence-corrected chi connectivity index (χ4v) is 1.72. The smallest absolute Gasteiger partial charge is 0.322 e. The predicted molar refractivity (Wildman–Crippen MR) is 75.5 cm³/mol. The minimum atomic E-state index is -1.01. The second-order valence-electron chi connectivity index (χ2n) is 5.10. The molecule has 0 radical (unpaired) electrons. The normalized spacial score (nSPS) is 11.1. The lowest BCUT2D eigenvalue weighted by Crippen LogP contribution is -2.44. The molecule has 0 saturated carbocycles. The van der Waals surface area contributed by atoms with Crippen molar-refractivity contribution in [2.45, 2.75) is 26.4 Å². The van der Waals surface area contributed by atoms with E-state index in [9.17, 15) is 14.3 Å². The zero-order valence-corrected chi connectivity index (χ0v) is 12.2. The van der Waals surface area contributed by atoms with Crippen LogP contribution in [0.15, 0.2) is 18.2 Å². The summed E-state index contributed by atoms with van der Waals surface area (Å²) in [6.45, 7) is 5.56. The molecule has 0 spiro atoms. The molecule has 6 heteroatoms. The summed E-state index contributed by atoms with van der Waals surface area (Å²) in [7, 11) is 1.46. The molecule has 0 atom stereocenters. The van der Waals surface area contributed by atoms with Gasteiger partial charge in [-0.1, -0.05) is 0 Å². The third-order valence-corrected chi connectivity index (χ3v) is 2.66. The zero-order valence-electron chi connectivity index (χ0n) is 12.2. The number of methoxy groups -OCH3 is 1. The fraction of sp³-hybridized carbons (Fsp3) is 0.500. The number of carbonyl (C=O) groups is 1. The Bertz CT molecular complexity index is 472. The van der Waals surface area contributed by atoms with E-state index in [1.165, 1.54) is 30.2 Å². The Kier molecular flexibility index (Phi) is 5.33. The second kappa shape index (κ2) is 6.56. The summed E-state index contributed by atoms with van der Waals surface area (Å²) in [4.78, 5) is 13.5. The van der Waals surface area contributed by atoms with Crippen molar-refractivity contribution in [1.82, 2.24) is 4.90 Å². The van der Waals surface area contributed by atoms with E-state index in [1.54, 1.807) is 20.8 Å². The van der Waals surface area contributed by atoms with Gasteiger partial charge < -0.3 is 20.1 Å².